The first-order valence-electron chi connectivity index (χ1n) is 6.94. The van der Waals surface area contributed by atoms with Gasteiger partial charge in [-0.2, -0.15) is 5.26 Å². The minimum atomic E-state index is 0.417. The molecule has 0 saturated heterocycles. The predicted octanol–water partition coefficient (Wildman–Crippen LogP) is 3.58. The molecule has 1 aromatic heterocycles. The molecule has 0 N–H and O–H groups in total. The number of hydrogen-bond acceptors (Lipinski definition) is 5. The fourth-order valence-corrected chi connectivity index (χ4v) is 2.91. The molecule has 0 fully saturated rings. The molecule has 2 rings (SSSR count). The minimum Gasteiger partial charge on any atom is -0.493 e. The maximum atomic E-state index is 9.36. The van der Waals surface area contributed by atoms with Crippen molar-refractivity contribution in [1.29, 1.82) is 5.26 Å². The number of para-hydroxylation sites is 1. The Morgan fingerprint density at radius 2 is 2.05 bits per heavy atom. The van der Waals surface area contributed by atoms with E-state index < -0.39 is 0 Å². The number of hydrogen-bond donors (Lipinski definition) is 0. The van der Waals surface area contributed by atoms with E-state index in [-0.39, 0.29) is 0 Å². The van der Waals surface area contributed by atoms with Gasteiger partial charge in [-0.25, -0.2) is 4.98 Å². The molecule has 0 aliphatic heterocycles. The smallest absolute Gasteiger partial charge is 0.119 e. The number of aromatic nitrogens is 1. The summed E-state index contributed by atoms with van der Waals surface area (Å²) in [5.74, 6) is 1.58. The molecule has 4 nitrogen and oxygen atoms in total. The van der Waals surface area contributed by atoms with E-state index in [1.54, 1.807) is 7.11 Å². The highest BCUT2D eigenvalue weighted by atomic mass is 32.2. The lowest BCUT2D eigenvalue weighted by atomic mass is 10.1. The third kappa shape index (κ3) is 4.48. The highest BCUT2D eigenvalue weighted by Crippen LogP contribution is 2.24. The van der Waals surface area contributed by atoms with Crippen molar-refractivity contribution in [3.8, 4) is 11.8 Å². The number of nitrogens with zero attached hydrogens (tertiary/aromatic N) is 2. The van der Waals surface area contributed by atoms with Gasteiger partial charge in [0.05, 0.1) is 18.8 Å². The number of thioether (sulfide) groups is 1. The molecule has 0 unspecified atom stereocenters. The summed E-state index contributed by atoms with van der Waals surface area (Å²) in [6.07, 6.45) is 0. The monoisotopic (exact) mass is 314 g/mol. The summed E-state index contributed by atoms with van der Waals surface area (Å²) in [6.45, 7) is 2.90. The van der Waals surface area contributed by atoms with Crippen LogP contribution in [-0.2, 0) is 11.3 Å². The maximum Gasteiger partial charge on any atom is 0.119 e. The Hall–Kier alpha value is -2.03. The van der Waals surface area contributed by atoms with Crippen molar-refractivity contribution in [1.82, 2.24) is 4.98 Å². The van der Waals surface area contributed by atoms with Crippen LogP contribution in [0.2, 0.25) is 0 Å². The minimum absolute atomic E-state index is 0.417. The SMILES string of the molecule is COCc1cc(C)nc(SCCOc2ccccc2)c1C#N. The summed E-state index contributed by atoms with van der Waals surface area (Å²) >= 11 is 1.53. The Balaban J connectivity index is 1.99. The quantitative estimate of drug-likeness (QED) is 0.577. The molecule has 2 aromatic rings. The summed E-state index contributed by atoms with van der Waals surface area (Å²) in [6, 6.07) is 13.8. The summed E-state index contributed by atoms with van der Waals surface area (Å²) in [4.78, 5) is 4.46. The summed E-state index contributed by atoms with van der Waals surface area (Å²) in [7, 11) is 1.62. The predicted molar refractivity (Wildman–Crippen MR) is 87.1 cm³/mol. The van der Waals surface area contributed by atoms with Crippen molar-refractivity contribution in [3.63, 3.8) is 0 Å². The second-order valence-corrected chi connectivity index (χ2v) is 5.74. The first-order chi connectivity index (χ1) is 10.7. The second kappa shape index (κ2) is 8.42. The van der Waals surface area contributed by atoms with Gasteiger partial charge in [0, 0.05) is 18.6 Å². The Morgan fingerprint density at radius 1 is 1.27 bits per heavy atom. The first-order valence-corrected chi connectivity index (χ1v) is 7.93. The lowest BCUT2D eigenvalue weighted by Crippen LogP contribution is -2.03. The molecule has 1 heterocycles. The molecule has 0 saturated carbocycles. The molecule has 114 valence electrons. The van der Waals surface area contributed by atoms with E-state index in [4.69, 9.17) is 9.47 Å². The fourth-order valence-electron chi connectivity index (χ4n) is 2.02. The van der Waals surface area contributed by atoms with Gasteiger partial charge in [0.1, 0.15) is 16.8 Å². The van der Waals surface area contributed by atoms with Crippen molar-refractivity contribution in [2.45, 2.75) is 18.6 Å². The van der Waals surface area contributed by atoms with Crippen LogP contribution in [-0.4, -0.2) is 24.5 Å². The molecule has 0 bridgehead atoms. The van der Waals surface area contributed by atoms with E-state index in [1.165, 1.54) is 11.8 Å². The highest BCUT2D eigenvalue weighted by molar-refractivity contribution is 7.99. The van der Waals surface area contributed by atoms with Gasteiger partial charge in [-0.1, -0.05) is 18.2 Å². The molecule has 22 heavy (non-hydrogen) atoms. The molecule has 0 atom stereocenters. The van der Waals surface area contributed by atoms with Crippen LogP contribution in [0.5, 0.6) is 5.75 Å². The van der Waals surface area contributed by atoms with Gasteiger partial charge in [-0.05, 0) is 30.7 Å². The average Bonchev–Trinajstić information content (AvgIpc) is 2.53. The number of rotatable bonds is 7. The standard InChI is InChI=1S/C17H18N2O2S/c1-13-10-14(12-20-2)16(11-18)17(19-13)22-9-8-21-15-6-4-3-5-7-15/h3-7,10H,8-9,12H2,1-2H3. The third-order valence-electron chi connectivity index (χ3n) is 2.94. The summed E-state index contributed by atoms with van der Waals surface area (Å²) in [5.41, 5.74) is 2.36. The molecule has 0 aliphatic carbocycles. The van der Waals surface area contributed by atoms with Crippen LogP contribution in [0.15, 0.2) is 41.4 Å². The molecule has 1 aromatic carbocycles. The lowest BCUT2D eigenvalue weighted by Gasteiger charge is -2.10. The highest BCUT2D eigenvalue weighted by Gasteiger charge is 2.11. The normalized spacial score (nSPS) is 10.2. The van der Waals surface area contributed by atoms with Crippen LogP contribution in [0.4, 0.5) is 0 Å². The zero-order valence-corrected chi connectivity index (χ0v) is 13.5. The molecule has 0 aliphatic rings. The Bertz CT molecular complexity index is 654. The topological polar surface area (TPSA) is 55.1 Å². The van der Waals surface area contributed by atoms with Crippen LogP contribution in [0.3, 0.4) is 0 Å². The maximum absolute atomic E-state index is 9.36. The van der Waals surface area contributed by atoms with Crippen LogP contribution in [0.1, 0.15) is 16.8 Å². The van der Waals surface area contributed by atoms with E-state index in [2.05, 4.69) is 11.1 Å². The van der Waals surface area contributed by atoms with E-state index >= 15 is 0 Å². The summed E-state index contributed by atoms with van der Waals surface area (Å²) < 4.78 is 10.8. The van der Waals surface area contributed by atoms with Gasteiger partial charge in [0.25, 0.3) is 0 Å². The third-order valence-corrected chi connectivity index (χ3v) is 3.88. The zero-order chi connectivity index (χ0) is 15.8. The van der Waals surface area contributed by atoms with Crippen LogP contribution < -0.4 is 4.74 Å². The number of pyridine rings is 1. The number of methoxy groups -OCH3 is 1. The number of aryl methyl sites for hydroxylation is 1. The Morgan fingerprint density at radius 3 is 2.73 bits per heavy atom. The van der Waals surface area contributed by atoms with Crippen molar-refractivity contribution < 1.29 is 9.47 Å². The van der Waals surface area contributed by atoms with Gasteiger partial charge in [-0.15, -0.1) is 11.8 Å². The molecule has 0 radical (unpaired) electrons. The average molecular weight is 314 g/mol. The van der Waals surface area contributed by atoms with E-state index in [0.717, 1.165) is 27.8 Å². The Labute approximate surface area is 135 Å². The largest absolute Gasteiger partial charge is 0.493 e. The van der Waals surface area contributed by atoms with Crippen LogP contribution in [0.25, 0.3) is 0 Å². The van der Waals surface area contributed by atoms with Gasteiger partial charge in [0.15, 0.2) is 0 Å². The van der Waals surface area contributed by atoms with Crippen molar-refractivity contribution in [3.05, 3.63) is 53.2 Å². The fraction of sp³-hybridized carbons (Fsp3) is 0.294. The zero-order valence-electron chi connectivity index (χ0n) is 12.7. The van der Waals surface area contributed by atoms with Gasteiger partial charge >= 0.3 is 0 Å². The van der Waals surface area contributed by atoms with Gasteiger partial charge in [0.2, 0.25) is 0 Å². The Kier molecular flexibility index (Phi) is 6.26. The summed E-state index contributed by atoms with van der Waals surface area (Å²) in [5, 5.41) is 10.1. The molecular formula is C17H18N2O2S. The first kappa shape index (κ1) is 16.3. The van der Waals surface area contributed by atoms with Crippen molar-refractivity contribution in [2.24, 2.45) is 0 Å². The van der Waals surface area contributed by atoms with Gasteiger partial charge < -0.3 is 9.47 Å². The van der Waals surface area contributed by atoms with Crippen molar-refractivity contribution >= 4 is 11.8 Å². The number of ether oxygens (including phenoxy) is 2. The lowest BCUT2D eigenvalue weighted by molar-refractivity contribution is 0.184. The molecular weight excluding hydrogens is 296 g/mol. The second-order valence-electron chi connectivity index (χ2n) is 4.66. The van der Waals surface area contributed by atoms with Crippen LogP contribution >= 0.6 is 11.8 Å². The van der Waals surface area contributed by atoms with E-state index in [9.17, 15) is 5.26 Å². The van der Waals surface area contributed by atoms with E-state index in [1.807, 2.05) is 43.3 Å². The number of nitriles is 1. The van der Waals surface area contributed by atoms with Crippen molar-refractivity contribution in [2.75, 3.05) is 19.5 Å². The van der Waals surface area contributed by atoms with Gasteiger partial charge in [-0.3, -0.25) is 0 Å². The van der Waals surface area contributed by atoms with E-state index in [0.29, 0.717) is 18.8 Å². The number of benzene rings is 1. The molecule has 0 spiro atoms. The van der Waals surface area contributed by atoms with Crippen LogP contribution in [0, 0.1) is 18.3 Å². The molecule has 5 heteroatoms. The molecule has 0 amide bonds.